The van der Waals surface area contributed by atoms with Gasteiger partial charge in [-0.1, -0.05) is 33.8 Å². The van der Waals surface area contributed by atoms with Crippen LogP contribution in [0.25, 0.3) is 11.2 Å². The second-order valence-electron chi connectivity index (χ2n) is 4.13. The van der Waals surface area contributed by atoms with Crippen molar-refractivity contribution in [3.63, 3.8) is 0 Å². The van der Waals surface area contributed by atoms with E-state index in [1.165, 1.54) is 18.1 Å². The number of thioether (sulfide) groups is 1. The number of nitrogens with one attached hydrogen (secondary N) is 2. The molecule has 3 rings (SSSR count). The normalized spacial score (nSPS) is 10.7. The topological polar surface area (TPSA) is 83.6 Å². The fourth-order valence-electron chi connectivity index (χ4n) is 1.75. The number of aromatic amines is 1. The number of fused-ring (bicyclic) bond motifs is 1. The van der Waals surface area contributed by atoms with Gasteiger partial charge in [-0.2, -0.15) is 0 Å². The van der Waals surface area contributed by atoms with Crippen LogP contribution < -0.4 is 5.32 Å². The molecule has 0 aliphatic carbocycles. The van der Waals surface area contributed by atoms with E-state index in [-0.39, 0.29) is 11.7 Å². The van der Waals surface area contributed by atoms with Gasteiger partial charge in [0, 0.05) is 10.2 Å². The van der Waals surface area contributed by atoms with E-state index < -0.39 is 0 Å². The summed E-state index contributed by atoms with van der Waals surface area (Å²) in [5, 5.41) is 3.55. The monoisotopic (exact) mass is 363 g/mol. The summed E-state index contributed by atoms with van der Waals surface area (Å²) in [4.78, 5) is 27.2. The summed E-state index contributed by atoms with van der Waals surface area (Å²) in [6, 6.07) is 7.46. The molecule has 1 aromatic carbocycles. The van der Waals surface area contributed by atoms with Gasteiger partial charge in [0.2, 0.25) is 5.91 Å². The predicted molar refractivity (Wildman–Crippen MR) is 85.2 cm³/mol. The Hall–Kier alpha value is -1.93. The number of H-pyrrole nitrogens is 1. The Kier molecular flexibility index (Phi) is 4.16. The zero-order valence-electron chi connectivity index (χ0n) is 10.7. The van der Waals surface area contributed by atoms with Crippen molar-refractivity contribution < 1.29 is 4.79 Å². The molecule has 21 heavy (non-hydrogen) atoms. The van der Waals surface area contributed by atoms with Crippen molar-refractivity contribution in [1.29, 1.82) is 0 Å². The van der Waals surface area contributed by atoms with Gasteiger partial charge in [-0.3, -0.25) is 4.79 Å². The predicted octanol–water partition coefficient (Wildman–Crippen LogP) is 2.85. The molecule has 8 heteroatoms. The maximum absolute atomic E-state index is 12.0. The first-order chi connectivity index (χ1) is 10.2. The van der Waals surface area contributed by atoms with Gasteiger partial charge < -0.3 is 10.3 Å². The molecule has 0 aliphatic rings. The van der Waals surface area contributed by atoms with Gasteiger partial charge in [0.1, 0.15) is 16.9 Å². The molecule has 1 amide bonds. The number of imidazole rings is 1. The highest BCUT2D eigenvalue weighted by atomic mass is 79.9. The van der Waals surface area contributed by atoms with Crippen molar-refractivity contribution in [2.45, 2.75) is 5.03 Å². The number of anilines is 1. The molecule has 0 spiro atoms. The smallest absolute Gasteiger partial charge is 0.234 e. The van der Waals surface area contributed by atoms with Crippen LogP contribution in [0, 0.1) is 0 Å². The van der Waals surface area contributed by atoms with Crippen molar-refractivity contribution in [3.8, 4) is 0 Å². The average Bonchev–Trinajstić information content (AvgIpc) is 2.94. The number of hydrogen-bond acceptors (Lipinski definition) is 5. The largest absolute Gasteiger partial charge is 0.341 e. The molecule has 2 N–H and O–H groups in total. The molecule has 0 saturated carbocycles. The van der Waals surface area contributed by atoms with Gasteiger partial charge in [-0.05, 0) is 18.2 Å². The Balaban J connectivity index is 1.65. The molecular formula is C13H10BrN5OS. The van der Waals surface area contributed by atoms with Gasteiger partial charge in [-0.25, -0.2) is 15.0 Å². The average molecular weight is 364 g/mol. The van der Waals surface area contributed by atoms with Crippen LogP contribution in [0.2, 0.25) is 0 Å². The number of aromatic nitrogens is 4. The van der Waals surface area contributed by atoms with E-state index in [4.69, 9.17) is 0 Å². The summed E-state index contributed by atoms with van der Waals surface area (Å²) in [7, 11) is 0. The first-order valence-corrected chi connectivity index (χ1v) is 7.82. The summed E-state index contributed by atoms with van der Waals surface area (Å²) >= 11 is 4.71. The third-order valence-electron chi connectivity index (χ3n) is 2.64. The maximum Gasteiger partial charge on any atom is 0.234 e. The highest BCUT2D eigenvalue weighted by molar-refractivity contribution is 9.10. The van der Waals surface area contributed by atoms with Crippen molar-refractivity contribution in [2.24, 2.45) is 0 Å². The third-order valence-corrected chi connectivity index (χ3v) is 4.12. The van der Waals surface area contributed by atoms with Crippen molar-refractivity contribution >= 4 is 50.5 Å². The van der Waals surface area contributed by atoms with Crippen molar-refractivity contribution in [2.75, 3.05) is 11.1 Å². The van der Waals surface area contributed by atoms with Gasteiger partial charge in [0.25, 0.3) is 0 Å². The van der Waals surface area contributed by atoms with Crippen LogP contribution >= 0.6 is 27.7 Å². The van der Waals surface area contributed by atoms with Crippen LogP contribution in [0.5, 0.6) is 0 Å². The van der Waals surface area contributed by atoms with E-state index in [9.17, 15) is 4.79 Å². The Labute approximate surface area is 132 Å². The first kappa shape index (κ1) is 14.0. The van der Waals surface area contributed by atoms with Crippen LogP contribution in [0.3, 0.4) is 0 Å². The molecule has 0 saturated heterocycles. The summed E-state index contributed by atoms with van der Waals surface area (Å²) in [5.74, 6) is 0.168. The standard InChI is InChI=1S/C13H10BrN5OS/c14-8-2-1-3-9(4-8)19-10(20)5-21-13-11-12(16-6-15-11)17-7-18-13/h1-4,6-7H,5H2,(H,19,20)(H,15,16,17,18). The lowest BCUT2D eigenvalue weighted by Crippen LogP contribution is -2.14. The highest BCUT2D eigenvalue weighted by Gasteiger charge is 2.09. The van der Waals surface area contributed by atoms with Gasteiger partial charge in [0.05, 0.1) is 12.1 Å². The van der Waals surface area contributed by atoms with Crippen LogP contribution in [0.4, 0.5) is 5.69 Å². The molecule has 6 nitrogen and oxygen atoms in total. The molecule has 2 heterocycles. The number of halogens is 1. The minimum absolute atomic E-state index is 0.0932. The fraction of sp³-hybridized carbons (Fsp3) is 0.0769. The van der Waals surface area contributed by atoms with Gasteiger partial charge >= 0.3 is 0 Å². The minimum Gasteiger partial charge on any atom is -0.341 e. The first-order valence-electron chi connectivity index (χ1n) is 6.04. The Morgan fingerprint density at radius 2 is 2.24 bits per heavy atom. The van der Waals surface area contributed by atoms with E-state index in [0.717, 1.165) is 15.7 Å². The van der Waals surface area contributed by atoms with Crippen LogP contribution in [0.1, 0.15) is 0 Å². The summed E-state index contributed by atoms with van der Waals surface area (Å²) in [5.41, 5.74) is 2.10. The third kappa shape index (κ3) is 3.40. The van der Waals surface area contributed by atoms with E-state index in [2.05, 4.69) is 41.2 Å². The Morgan fingerprint density at radius 1 is 1.33 bits per heavy atom. The van der Waals surface area contributed by atoms with E-state index in [0.29, 0.717) is 10.7 Å². The summed E-state index contributed by atoms with van der Waals surface area (Å²) in [6.07, 6.45) is 3.00. The highest BCUT2D eigenvalue weighted by Crippen LogP contribution is 2.22. The van der Waals surface area contributed by atoms with E-state index in [1.807, 2.05) is 24.3 Å². The molecule has 0 unspecified atom stereocenters. The Bertz CT molecular complexity index is 791. The van der Waals surface area contributed by atoms with E-state index >= 15 is 0 Å². The van der Waals surface area contributed by atoms with Gasteiger partial charge in [-0.15, -0.1) is 0 Å². The lowest BCUT2D eigenvalue weighted by Gasteiger charge is -2.05. The zero-order valence-corrected chi connectivity index (χ0v) is 13.1. The number of nitrogens with zero attached hydrogens (tertiary/aromatic N) is 3. The summed E-state index contributed by atoms with van der Waals surface area (Å²) in [6.45, 7) is 0. The number of carbonyl (C=O) groups excluding carboxylic acids is 1. The SMILES string of the molecule is O=C(CSc1ncnc2nc[nH]c12)Nc1cccc(Br)c1. The number of benzene rings is 1. The molecule has 2 aromatic heterocycles. The molecule has 0 atom stereocenters. The molecule has 3 aromatic rings. The number of hydrogen-bond donors (Lipinski definition) is 2. The van der Waals surface area contributed by atoms with Crippen LogP contribution in [-0.2, 0) is 4.79 Å². The minimum atomic E-state index is -0.0932. The lowest BCUT2D eigenvalue weighted by molar-refractivity contribution is -0.113. The van der Waals surface area contributed by atoms with Crippen molar-refractivity contribution in [3.05, 3.63) is 41.4 Å². The molecule has 106 valence electrons. The van der Waals surface area contributed by atoms with Crippen LogP contribution in [0.15, 0.2) is 46.4 Å². The molecular weight excluding hydrogens is 354 g/mol. The van der Waals surface area contributed by atoms with Gasteiger partial charge in [0.15, 0.2) is 5.65 Å². The second kappa shape index (κ2) is 6.23. The number of rotatable bonds is 4. The Morgan fingerprint density at radius 3 is 3.10 bits per heavy atom. The molecule has 0 bridgehead atoms. The maximum atomic E-state index is 12.0. The fourth-order valence-corrected chi connectivity index (χ4v) is 2.90. The molecule has 0 fully saturated rings. The van der Waals surface area contributed by atoms with Crippen LogP contribution in [-0.4, -0.2) is 31.6 Å². The number of amides is 1. The summed E-state index contributed by atoms with van der Waals surface area (Å²) < 4.78 is 0.919. The molecule has 0 aliphatic heterocycles. The quantitative estimate of drug-likeness (QED) is 0.549. The molecule has 0 radical (unpaired) electrons. The lowest BCUT2D eigenvalue weighted by atomic mass is 10.3. The number of carbonyl (C=O) groups is 1. The van der Waals surface area contributed by atoms with E-state index in [1.54, 1.807) is 6.33 Å². The van der Waals surface area contributed by atoms with Crippen molar-refractivity contribution in [1.82, 2.24) is 19.9 Å². The second-order valence-corrected chi connectivity index (χ2v) is 6.01. The zero-order chi connectivity index (χ0) is 14.7.